The van der Waals surface area contributed by atoms with Gasteiger partial charge in [-0.05, 0) is 23.6 Å². The van der Waals surface area contributed by atoms with Gasteiger partial charge in [0, 0.05) is 30.5 Å². The number of benzene rings is 2. The third kappa shape index (κ3) is 3.03. The largest absolute Gasteiger partial charge is 0.408 e. The van der Waals surface area contributed by atoms with Gasteiger partial charge < -0.3 is 15.4 Å². The predicted octanol–water partition coefficient (Wildman–Crippen LogP) is 2.69. The number of hydroxylamine groups is 1. The van der Waals surface area contributed by atoms with Crippen LogP contribution in [0.15, 0.2) is 48.5 Å². The van der Waals surface area contributed by atoms with E-state index in [4.69, 9.17) is 10.6 Å². The topological polar surface area (TPSA) is 64.4 Å². The summed E-state index contributed by atoms with van der Waals surface area (Å²) in [6.45, 7) is 0.782. The Kier molecular flexibility index (Phi) is 4.51. The fourth-order valence-electron chi connectivity index (χ4n) is 2.94. The Morgan fingerprint density at radius 3 is 3.00 bits per heavy atom. The first-order valence-corrected chi connectivity index (χ1v) is 7.57. The molecule has 0 fully saturated rings. The van der Waals surface area contributed by atoms with Gasteiger partial charge >= 0.3 is 0 Å². The molecule has 1 aliphatic rings. The van der Waals surface area contributed by atoms with Crippen molar-refractivity contribution in [3.8, 4) is 5.75 Å². The molecule has 1 aliphatic heterocycles. The summed E-state index contributed by atoms with van der Waals surface area (Å²) in [5, 5.41) is 0. The normalized spacial score (nSPS) is 18.7. The Morgan fingerprint density at radius 1 is 1.27 bits per heavy atom. The molecule has 4 heteroatoms. The Morgan fingerprint density at radius 2 is 2.14 bits per heavy atom. The molecule has 3 rings (SSSR count). The molecule has 0 radical (unpaired) electrons. The number of fused-ring (bicyclic) bond motifs is 1. The highest BCUT2D eigenvalue weighted by Gasteiger charge is 2.21. The average molecular weight is 296 g/mol. The van der Waals surface area contributed by atoms with Crippen LogP contribution in [0.1, 0.15) is 41.5 Å². The SMILES string of the molecule is N[C@@H](CC=O)c1cccc(C2CCNOc3ccccc32)c1. The van der Waals surface area contributed by atoms with Crippen molar-refractivity contribution in [2.24, 2.45) is 5.73 Å². The molecule has 3 N–H and O–H groups in total. The smallest absolute Gasteiger partial charge is 0.150 e. The fraction of sp³-hybridized carbons (Fsp3) is 0.278. The van der Waals surface area contributed by atoms with Crippen LogP contribution in [-0.2, 0) is 4.79 Å². The molecule has 0 bridgehead atoms. The lowest BCUT2D eigenvalue weighted by Crippen LogP contribution is -2.18. The number of hydrogen-bond acceptors (Lipinski definition) is 4. The number of para-hydroxylation sites is 1. The second kappa shape index (κ2) is 6.73. The molecule has 2 atom stereocenters. The zero-order chi connectivity index (χ0) is 15.4. The number of rotatable bonds is 4. The van der Waals surface area contributed by atoms with Crippen LogP contribution in [0, 0.1) is 0 Å². The van der Waals surface area contributed by atoms with E-state index in [1.165, 1.54) is 11.1 Å². The van der Waals surface area contributed by atoms with Crippen molar-refractivity contribution in [2.45, 2.75) is 24.8 Å². The van der Waals surface area contributed by atoms with Crippen LogP contribution in [0.3, 0.4) is 0 Å². The van der Waals surface area contributed by atoms with Crippen molar-refractivity contribution in [1.29, 1.82) is 0 Å². The van der Waals surface area contributed by atoms with Crippen LogP contribution in [0.4, 0.5) is 0 Å². The number of carbonyl (C=O) groups excluding carboxylic acids is 1. The van der Waals surface area contributed by atoms with Crippen molar-refractivity contribution >= 4 is 6.29 Å². The van der Waals surface area contributed by atoms with E-state index >= 15 is 0 Å². The summed E-state index contributed by atoms with van der Waals surface area (Å²) < 4.78 is 0. The molecule has 0 spiro atoms. The molecule has 0 aromatic heterocycles. The maximum absolute atomic E-state index is 10.7. The second-order valence-electron chi connectivity index (χ2n) is 5.55. The van der Waals surface area contributed by atoms with E-state index in [-0.39, 0.29) is 12.0 Å². The first kappa shape index (κ1) is 14.8. The van der Waals surface area contributed by atoms with Crippen LogP contribution in [-0.4, -0.2) is 12.8 Å². The fourth-order valence-corrected chi connectivity index (χ4v) is 2.94. The van der Waals surface area contributed by atoms with Gasteiger partial charge in [-0.1, -0.05) is 42.5 Å². The highest BCUT2D eigenvalue weighted by atomic mass is 16.6. The van der Waals surface area contributed by atoms with Gasteiger partial charge in [0.1, 0.15) is 6.29 Å². The van der Waals surface area contributed by atoms with Gasteiger partial charge in [0.15, 0.2) is 5.75 Å². The van der Waals surface area contributed by atoms with E-state index in [2.05, 4.69) is 23.7 Å². The number of nitrogens with one attached hydrogen (secondary N) is 1. The maximum Gasteiger partial charge on any atom is 0.150 e. The minimum Gasteiger partial charge on any atom is -0.408 e. The lowest BCUT2D eigenvalue weighted by Gasteiger charge is -2.18. The molecule has 0 amide bonds. The van der Waals surface area contributed by atoms with Crippen LogP contribution in [0.25, 0.3) is 0 Å². The summed E-state index contributed by atoms with van der Waals surface area (Å²) >= 11 is 0. The third-order valence-electron chi connectivity index (χ3n) is 4.10. The van der Waals surface area contributed by atoms with Crippen molar-refractivity contribution < 1.29 is 9.63 Å². The van der Waals surface area contributed by atoms with Crippen molar-refractivity contribution in [3.63, 3.8) is 0 Å². The molecule has 4 nitrogen and oxygen atoms in total. The first-order chi connectivity index (χ1) is 10.8. The van der Waals surface area contributed by atoms with E-state index in [0.717, 1.165) is 30.6 Å². The van der Waals surface area contributed by atoms with Gasteiger partial charge in [-0.15, -0.1) is 0 Å². The van der Waals surface area contributed by atoms with E-state index in [9.17, 15) is 4.79 Å². The zero-order valence-electron chi connectivity index (χ0n) is 12.4. The van der Waals surface area contributed by atoms with Gasteiger partial charge in [-0.3, -0.25) is 0 Å². The predicted molar refractivity (Wildman–Crippen MR) is 85.6 cm³/mol. The molecule has 22 heavy (non-hydrogen) atoms. The van der Waals surface area contributed by atoms with Crippen LogP contribution in [0.5, 0.6) is 5.75 Å². The minimum absolute atomic E-state index is 0.243. The molecular formula is C18H20N2O2. The number of hydrogen-bond donors (Lipinski definition) is 2. The second-order valence-corrected chi connectivity index (χ2v) is 5.55. The van der Waals surface area contributed by atoms with Crippen LogP contribution >= 0.6 is 0 Å². The molecular weight excluding hydrogens is 276 g/mol. The van der Waals surface area contributed by atoms with Gasteiger partial charge in [-0.25, -0.2) is 0 Å². The zero-order valence-corrected chi connectivity index (χ0v) is 12.4. The number of nitrogens with two attached hydrogens (primary N) is 1. The quantitative estimate of drug-likeness (QED) is 0.851. The van der Waals surface area contributed by atoms with E-state index < -0.39 is 0 Å². The van der Waals surface area contributed by atoms with Gasteiger partial charge in [0.25, 0.3) is 0 Å². The molecule has 1 unspecified atom stereocenters. The Hall–Kier alpha value is -2.17. The average Bonchev–Trinajstić information content (AvgIpc) is 2.77. The molecule has 114 valence electrons. The Balaban J connectivity index is 1.97. The summed E-state index contributed by atoms with van der Waals surface area (Å²) in [4.78, 5) is 16.3. The monoisotopic (exact) mass is 296 g/mol. The molecule has 2 aromatic carbocycles. The Labute approximate surface area is 130 Å². The summed E-state index contributed by atoms with van der Waals surface area (Å²) in [6, 6.07) is 16.1. The summed E-state index contributed by atoms with van der Waals surface area (Å²) in [5.41, 5.74) is 12.4. The van der Waals surface area contributed by atoms with E-state index in [1.807, 2.05) is 30.3 Å². The lowest BCUT2D eigenvalue weighted by molar-refractivity contribution is -0.108. The van der Waals surface area contributed by atoms with Crippen LogP contribution < -0.4 is 16.1 Å². The van der Waals surface area contributed by atoms with Gasteiger partial charge in [0.05, 0.1) is 0 Å². The van der Waals surface area contributed by atoms with Gasteiger partial charge in [-0.2, -0.15) is 5.48 Å². The van der Waals surface area contributed by atoms with Gasteiger partial charge in [0.2, 0.25) is 0 Å². The highest BCUT2D eigenvalue weighted by molar-refractivity contribution is 5.52. The standard InChI is InChI=1S/C18H20N2O2/c19-17(9-11-21)14-5-3-4-13(12-14)15-8-10-20-22-18-7-2-1-6-16(15)18/h1-7,11-12,15,17,20H,8-10,19H2/t15?,17-/m0/s1. The van der Waals surface area contributed by atoms with E-state index in [1.54, 1.807) is 0 Å². The molecule has 1 heterocycles. The van der Waals surface area contributed by atoms with Crippen molar-refractivity contribution in [3.05, 3.63) is 65.2 Å². The van der Waals surface area contributed by atoms with Crippen LogP contribution in [0.2, 0.25) is 0 Å². The minimum atomic E-state index is -0.243. The summed E-state index contributed by atoms with van der Waals surface area (Å²) in [7, 11) is 0. The van der Waals surface area contributed by atoms with Crippen molar-refractivity contribution in [2.75, 3.05) is 6.54 Å². The molecule has 2 aromatic rings. The highest BCUT2D eigenvalue weighted by Crippen LogP contribution is 2.36. The summed E-state index contributed by atoms with van der Waals surface area (Å²) in [6.07, 6.45) is 2.16. The van der Waals surface area contributed by atoms with Crippen molar-refractivity contribution in [1.82, 2.24) is 5.48 Å². The first-order valence-electron chi connectivity index (χ1n) is 7.57. The maximum atomic E-state index is 10.7. The summed E-state index contributed by atoms with van der Waals surface area (Å²) in [5.74, 6) is 1.13. The lowest BCUT2D eigenvalue weighted by atomic mass is 9.86. The third-order valence-corrected chi connectivity index (χ3v) is 4.10. The molecule has 0 aliphatic carbocycles. The molecule has 0 saturated heterocycles. The number of carbonyl (C=O) groups is 1. The molecule has 0 saturated carbocycles. The Bertz CT molecular complexity index is 657. The number of aldehydes is 1. The van der Waals surface area contributed by atoms with E-state index in [0.29, 0.717) is 6.42 Å².